The van der Waals surface area contributed by atoms with E-state index in [9.17, 15) is 0 Å². The maximum Gasteiger partial charge on any atom is 0.0246 e. The predicted molar refractivity (Wildman–Crippen MR) is 83.5 cm³/mol. The Bertz CT molecular complexity index is 286. The fraction of sp³-hybridized carbons (Fsp3) is 1.00. The van der Waals surface area contributed by atoms with Crippen LogP contribution < -0.4 is 5.32 Å². The van der Waals surface area contributed by atoms with E-state index in [4.69, 9.17) is 0 Å². The summed E-state index contributed by atoms with van der Waals surface area (Å²) in [5.74, 6) is 0. The highest BCUT2D eigenvalue weighted by molar-refractivity contribution is 4.92. The first-order chi connectivity index (χ1) is 8.80. The van der Waals surface area contributed by atoms with Crippen LogP contribution in [-0.4, -0.2) is 37.1 Å². The van der Waals surface area contributed by atoms with Crippen LogP contribution in [0.5, 0.6) is 0 Å². The number of hydrogen-bond acceptors (Lipinski definition) is 2. The molecule has 0 spiro atoms. The van der Waals surface area contributed by atoms with E-state index in [1.165, 1.54) is 51.6 Å². The zero-order chi connectivity index (χ0) is 14.1. The molecule has 1 atom stereocenters. The Labute approximate surface area is 120 Å². The van der Waals surface area contributed by atoms with Crippen molar-refractivity contribution in [2.75, 3.05) is 20.1 Å². The Hall–Kier alpha value is -0.0800. The van der Waals surface area contributed by atoms with E-state index >= 15 is 0 Å². The third kappa shape index (κ3) is 3.95. The summed E-state index contributed by atoms with van der Waals surface area (Å²) in [5.41, 5.74) is 1.04. The zero-order valence-corrected chi connectivity index (χ0v) is 13.8. The molecule has 0 aromatic rings. The molecule has 1 heterocycles. The maximum atomic E-state index is 3.75. The molecular formula is C17H34N2. The number of nitrogens with one attached hydrogen (secondary N) is 1. The minimum absolute atomic E-state index is 0.459. The highest BCUT2D eigenvalue weighted by Crippen LogP contribution is 2.37. The van der Waals surface area contributed by atoms with Crippen LogP contribution in [0.4, 0.5) is 0 Å². The van der Waals surface area contributed by atoms with E-state index < -0.39 is 0 Å². The van der Waals surface area contributed by atoms with Crippen LogP contribution in [-0.2, 0) is 0 Å². The minimum Gasteiger partial charge on any atom is -0.312 e. The van der Waals surface area contributed by atoms with Crippen molar-refractivity contribution >= 4 is 0 Å². The number of nitrogens with zero attached hydrogens (tertiary/aromatic N) is 1. The van der Waals surface area contributed by atoms with Crippen molar-refractivity contribution in [3.8, 4) is 0 Å². The van der Waals surface area contributed by atoms with E-state index in [1.807, 2.05) is 0 Å². The van der Waals surface area contributed by atoms with Gasteiger partial charge in [-0.3, -0.25) is 0 Å². The van der Waals surface area contributed by atoms with Gasteiger partial charge in [0, 0.05) is 18.6 Å². The second-order valence-electron chi connectivity index (χ2n) is 8.43. The number of piperidine rings is 1. The first-order valence-electron chi connectivity index (χ1n) is 8.24. The third-order valence-corrected chi connectivity index (χ3v) is 5.73. The molecule has 2 nitrogen and oxygen atoms in total. The van der Waals surface area contributed by atoms with Crippen molar-refractivity contribution in [1.82, 2.24) is 10.2 Å². The molecule has 0 radical (unpaired) electrons. The zero-order valence-electron chi connectivity index (χ0n) is 13.8. The minimum atomic E-state index is 0.459. The first-order valence-corrected chi connectivity index (χ1v) is 8.24. The van der Waals surface area contributed by atoms with Gasteiger partial charge in [0.05, 0.1) is 0 Å². The van der Waals surface area contributed by atoms with Crippen LogP contribution in [0, 0.1) is 10.8 Å². The first kappa shape index (κ1) is 15.3. The average Bonchev–Trinajstić information content (AvgIpc) is 2.31. The second kappa shape index (κ2) is 5.73. The highest BCUT2D eigenvalue weighted by atomic mass is 15.2. The Morgan fingerprint density at radius 1 is 1.05 bits per heavy atom. The lowest BCUT2D eigenvalue weighted by Crippen LogP contribution is -2.54. The van der Waals surface area contributed by atoms with Crippen molar-refractivity contribution in [2.24, 2.45) is 10.8 Å². The fourth-order valence-corrected chi connectivity index (χ4v) is 3.84. The summed E-state index contributed by atoms with van der Waals surface area (Å²) in [4.78, 5) is 2.64. The summed E-state index contributed by atoms with van der Waals surface area (Å²) in [6.07, 6.45) is 8.27. The molecule has 19 heavy (non-hydrogen) atoms. The Kier molecular flexibility index (Phi) is 4.62. The Morgan fingerprint density at radius 2 is 1.68 bits per heavy atom. The van der Waals surface area contributed by atoms with Crippen molar-refractivity contribution in [3.63, 3.8) is 0 Å². The normalized spacial score (nSPS) is 31.6. The number of hydrogen-bond donors (Lipinski definition) is 1. The van der Waals surface area contributed by atoms with Crippen molar-refractivity contribution in [1.29, 1.82) is 0 Å². The van der Waals surface area contributed by atoms with Crippen LogP contribution in [0.25, 0.3) is 0 Å². The lowest BCUT2D eigenvalue weighted by atomic mass is 9.74. The van der Waals surface area contributed by atoms with Gasteiger partial charge in [0.2, 0.25) is 0 Å². The summed E-state index contributed by atoms with van der Waals surface area (Å²) < 4.78 is 0. The molecule has 2 fully saturated rings. The predicted octanol–water partition coefficient (Wildman–Crippen LogP) is 3.67. The second-order valence-corrected chi connectivity index (χ2v) is 8.43. The molecule has 1 aliphatic heterocycles. The number of rotatable bonds is 3. The lowest BCUT2D eigenvalue weighted by Gasteiger charge is -2.44. The molecule has 2 rings (SSSR count). The summed E-state index contributed by atoms with van der Waals surface area (Å²) in [6.45, 7) is 12.1. The summed E-state index contributed by atoms with van der Waals surface area (Å²) in [7, 11) is 2.34. The van der Waals surface area contributed by atoms with Gasteiger partial charge in [0.25, 0.3) is 0 Å². The van der Waals surface area contributed by atoms with Crippen molar-refractivity contribution in [3.05, 3.63) is 0 Å². The SMILES string of the molecule is CN(CC1NCCCC1(C)C)C1CCC(C)(C)CC1. The summed E-state index contributed by atoms with van der Waals surface area (Å²) in [5, 5.41) is 3.75. The Balaban J connectivity index is 1.85. The molecule has 112 valence electrons. The molecule has 2 heteroatoms. The smallest absolute Gasteiger partial charge is 0.0246 e. The van der Waals surface area contributed by atoms with Crippen LogP contribution in [0.1, 0.15) is 66.2 Å². The topological polar surface area (TPSA) is 15.3 Å². The molecule has 2 aliphatic rings. The molecule has 1 saturated carbocycles. The third-order valence-electron chi connectivity index (χ3n) is 5.73. The lowest BCUT2D eigenvalue weighted by molar-refractivity contribution is 0.0834. The average molecular weight is 266 g/mol. The van der Waals surface area contributed by atoms with Crippen LogP contribution in [0.15, 0.2) is 0 Å². The quantitative estimate of drug-likeness (QED) is 0.838. The molecule has 0 amide bonds. The highest BCUT2D eigenvalue weighted by Gasteiger charge is 2.35. The fourth-order valence-electron chi connectivity index (χ4n) is 3.84. The van der Waals surface area contributed by atoms with Crippen molar-refractivity contribution in [2.45, 2.75) is 78.3 Å². The van der Waals surface area contributed by atoms with Gasteiger partial charge in [0.1, 0.15) is 0 Å². The summed E-state index contributed by atoms with van der Waals surface area (Å²) in [6, 6.07) is 1.48. The molecule has 0 bridgehead atoms. The van der Waals surface area contributed by atoms with Crippen molar-refractivity contribution < 1.29 is 0 Å². The van der Waals surface area contributed by atoms with Gasteiger partial charge in [-0.25, -0.2) is 0 Å². The van der Waals surface area contributed by atoms with Gasteiger partial charge < -0.3 is 10.2 Å². The van der Waals surface area contributed by atoms with Crippen LogP contribution in [0.2, 0.25) is 0 Å². The van der Waals surface area contributed by atoms with Crippen LogP contribution >= 0.6 is 0 Å². The molecular weight excluding hydrogens is 232 g/mol. The van der Waals surface area contributed by atoms with E-state index in [2.05, 4.69) is 45.0 Å². The van der Waals surface area contributed by atoms with Crippen LogP contribution in [0.3, 0.4) is 0 Å². The van der Waals surface area contributed by atoms with Gasteiger partial charge >= 0.3 is 0 Å². The van der Waals surface area contributed by atoms with E-state index in [0.29, 0.717) is 16.9 Å². The number of likely N-dealkylation sites (N-methyl/N-ethyl adjacent to an activating group) is 1. The van der Waals surface area contributed by atoms with E-state index in [0.717, 1.165) is 6.04 Å². The molecule has 1 saturated heterocycles. The van der Waals surface area contributed by atoms with Gasteiger partial charge in [-0.15, -0.1) is 0 Å². The maximum absolute atomic E-state index is 3.75. The van der Waals surface area contributed by atoms with Gasteiger partial charge in [-0.2, -0.15) is 0 Å². The van der Waals surface area contributed by atoms with E-state index in [-0.39, 0.29) is 0 Å². The molecule has 0 aromatic carbocycles. The largest absolute Gasteiger partial charge is 0.312 e. The Morgan fingerprint density at radius 3 is 2.26 bits per heavy atom. The molecule has 1 aliphatic carbocycles. The molecule has 0 aromatic heterocycles. The van der Waals surface area contributed by atoms with E-state index in [1.54, 1.807) is 0 Å². The summed E-state index contributed by atoms with van der Waals surface area (Å²) >= 11 is 0. The van der Waals surface area contributed by atoms with Gasteiger partial charge in [-0.05, 0) is 62.9 Å². The monoisotopic (exact) mass is 266 g/mol. The van der Waals surface area contributed by atoms with Gasteiger partial charge in [-0.1, -0.05) is 27.7 Å². The van der Waals surface area contributed by atoms with Gasteiger partial charge in [0.15, 0.2) is 0 Å². The molecule has 1 N–H and O–H groups in total. The standard InChI is InChI=1S/C17H34N2/c1-16(2)10-7-14(8-11-16)19(5)13-15-17(3,4)9-6-12-18-15/h14-15,18H,6-13H2,1-5H3. The molecule has 1 unspecified atom stereocenters.